The van der Waals surface area contributed by atoms with E-state index in [9.17, 15) is 9.59 Å². The van der Waals surface area contributed by atoms with Crippen LogP contribution in [0, 0.1) is 6.92 Å². The number of benzene rings is 2. The third kappa shape index (κ3) is 4.80. The molecule has 0 aliphatic carbocycles. The summed E-state index contributed by atoms with van der Waals surface area (Å²) in [6, 6.07) is 13.5. The number of ether oxygens (including phenoxy) is 1. The number of anilines is 2. The van der Waals surface area contributed by atoms with Gasteiger partial charge in [0, 0.05) is 50.2 Å². The first-order valence-corrected chi connectivity index (χ1v) is 9.76. The Labute approximate surface area is 171 Å². The average Bonchev–Trinajstić information content (AvgIpc) is 2.78. The Morgan fingerprint density at radius 2 is 1.72 bits per heavy atom. The van der Waals surface area contributed by atoms with Gasteiger partial charge < -0.3 is 25.2 Å². The van der Waals surface area contributed by atoms with E-state index in [0.29, 0.717) is 18.7 Å². The first-order valence-electron chi connectivity index (χ1n) is 9.76. The van der Waals surface area contributed by atoms with Crippen LogP contribution in [0.1, 0.15) is 15.9 Å². The third-order valence-corrected chi connectivity index (χ3v) is 5.31. The Kier molecular flexibility index (Phi) is 6.59. The van der Waals surface area contributed by atoms with Gasteiger partial charge >= 0.3 is 0 Å². The summed E-state index contributed by atoms with van der Waals surface area (Å²) in [5.41, 5.74) is 3.39. The van der Waals surface area contributed by atoms with Crippen LogP contribution in [0.15, 0.2) is 42.5 Å². The van der Waals surface area contributed by atoms with Gasteiger partial charge in [-0.25, -0.2) is 0 Å². The van der Waals surface area contributed by atoms with Crippen molar-refractivity contribution in [2.45, 2.75) is 6.92 Å². The SMILES string of the molecule is CNC(=O)c1cccc(NCC(=O)N2CCN(c3ccc(OC)cc3)CC2)c1C. The molecule has 1 aliphatic rings. The Bertz CT molecular complexity index is 859. The minimum absolute atomic E-state index is 0.0594. The van der Waals surface area contributed by atoms with Gasteiger partial charge in [-0.15, -0.1) is 0 Å². The number of rotatable bonds is 6. The topological polar surface area (TPSA) is 73.9 Å². The second-order valence-electron chi connectivity index (χ2n) is 6.98. The first kappa shape index (κ1) is 20.5. The lowest BCUT2D eigenvalue weighted by Gasteiger charge is -2.36. The summed E-state index contributed by atoms with van der Waals surface area (Å²) in [6.07, 6.45) is 0. The van der Waals surface area contributed by atoms with Crippen molar-refractivity contribution in [3.63, 3.8) is 0 Å². The number of nitrogens with zero attached hydrogens (tertiary/aromatic N) is 2. The largest absolute Gasteiger partial charge is 0.497 e. The number of piperazine rings is 1. The van der Waals surface area contributed by atoms with Crippen molar-refractivity contribution in [3.8, 4) is 5.75 Å². The van der Waals surface area contributed by atoms with Gasteiger partial charge in [-0.05, 0) is 48.9 Å². The van der Waals surface area contributed by atoms with E-state index in [4.69, 9.17) is 4.74 Å². The van der Waals surface area contributed by atoms with E-state index in [1.54, 1.807) is 20.2 Å². The Morgan fingerprint density at radius 1 is 1.03 bits per heavy atom. The molecule has 0 spiro atoms. The highest BCUT2D eigenvalue weighted by Crippen LogP contribution is 2.21. The van der Waals surface area contributed by atoms with Crippen molar-refractivity contribution in [1.29, 1.82) is 0 Å². The molecule has 7 heteroatoms. The number of carbonyl (C=O) groups excluding carboxylic acids is 2. The van der Waals surface area contributed by atoms with Crippen LogP contribution in [0.2, 0.25) is 0 Å². The monoisotopic (exact) mass is 396 g/mol. The van der Waals surface area contributed by atoms with Crippen molar-refractivity contribution in [2.24, 2.45) is 0 Å². The fourth-order valence-electron chi connectivity index (χ4n) is 3.50. The first-order chi connectivity index (χ1) is 14.0. The van der Waals surface area contributed by atoms with E-state index >= 15 is 0 Å². The standard InChI is InChI=1S/C22H28N4O3/c1-16-19(22(28)23-2)5-4-6-20(16)24-15-21(27)26-13-11-25(12-14-26)17-7-9-18(29-3)10-8-17/h4-10,24H,11-15H2,1-3H3,(H,23,28). The van der Waals surface area contributed by atoms with E-state index in [0.717, 1.165) is 35.8 Å². The molecule has 0 aromatic heterocycles. The van der Waals surface area contributed by atoms with E-state index < -0.39 is 0 Å². The van der Waals surface area contributed by atoms with Crippen LogP contribution in [-0.2, 0) is 4.79 Å². The average molecular weight is 396 g/mol. The molecule has 1 saturated heterocycles. The van der Waals surface area contributed by atoms with Crippen molar-refractivity contribution in [2.75, 3.05) is 57.1 Å². The van der Waals surface area contributed by atoms with Gasteiger partial charge in [0.1, 0.15) is 5.75 Å². The summed E-state index contributed by atoms with van der Waals surface area (Å²) in [4.78, 5) is 28.7. The number of hydrogen-bond acceptors (Lipinski definition) is 5. The van der Waals surface area contributed by atoms with E-state index in [1.165, 1.54) is 0 Å². The zero-order chi connectivity index (χ0) is 20.8. The molecule has 3 rings (SSSR count). The maximum absolute atomic E-state index is 12.6. The van der Waals surface area contributed by atoms with E-state index in [2.05, 4.69) is 15.5 Å². The Hall–Kier alpha value is -3.22. The molecule has 1 fully saturated rings. The Morgan fingerprint density at radius 3 is 2.34 bits per heavy atom. The van der Waals surface area contributed by atoms with Gasteiger partial charge in [0.05, 0.1) is 13.7 Å². The van der Waals surface area contributed by atoms with Crippen molar-refractivity contribution in [1.82, 2.24) is 10.2 Å². The summed E-state index contributed by atoms with van der Waals surface area (Å²) in [6.45, 7) is 5.05. The highest BCUT2D eigenvalue weighted by atomic mass is 16.5. The normalized spacial score (nSPS) is 13.8. The van der Waals surface area contributed by atoms with Crippen molar-refractivity contribution < 1.29 is 14.3 Å². The molecular weight excluding hydrogens is 368 g/mol. The van der Waals surface area contributed by atoms with Gasteiger partial charge in [0.15, 0.2) is 0 Å². The molecule has 2 N–H and O–H groups in total. The predicted octanol–water partition coefficient (Wildman–Crippen LogP) is 2.12. The highest BCUT2D eigenvalue weighted by Gasteiger charge is 2.21. The molecule has 1 heterocycles. The number of amides is 2. The molecule has 1 aliphatic heterocycles. The van der Waals surface area contributed by atoms with Gasteiger partial charge in [-0.2, -0.15) is 0 Å². The van der Waals surface area contributed by atoms with Crippen LogP contribution < -0.4 is 20.3 Å². The van der Waals surface area contributed by atoms with Gasteiger partial charge in [-0.3, -0.25) is 9.59 Å². The second kappa shape index (κ2) is 9.32. The number of nitrogens with one attached hydrogen (secondary N) is 2. The number of methoxy groups -OCH3 is 1. The molecule has 2 amide bonds. The molecule has 7 nitrogen and oxygen atoms in total. The lowest BCUT2D eigenvalue weighted by atomic mass is 10.1. The van der Waals surface area contributed by atoms with Crippen LogP contribution in [0.5, 0.6) is 5.75 Å². The number of carbonyl (C=O) groups is 2. The van der Waals surface area contributed by atoms with Crippen LogP contribution in [0.25, 0.3) is 0 Å². The fourth-order valence-corrected chi connectivity index (χ4v) is 3.50. The van der Waals surface area contributed by atoms with Crippen LogP contribution in [-0.4, -0.2) is 63.6 Å². The minimum atomic E-state index is -0.132. The summed E-state index contributed by atoms with van der Waals surface area (Å²) in [5, 5.41) is 5.82. The molecule has 0 unspecified atom stereocenters. The maximum Gasteiger partial charge on any atom is 0.251 e. The summed E-state index contributed by atoms with van der Waals surface area (Å²) >= 11 is 0. The second-order valence-corrected chi connectivity index (χ2v) is 6.98. The molecule has 29 heavy (non-hydrogen) atoms. The zero-order valence-electron chi connectivity index (χ0n) is 17.2. The molecule has 0 radical (unpaired) electrons. The van der Waals surface area contributed by atoms with E-state index in [-0.39, 0.29) is 18.4 Å². The van der Waals surface area contributed by atoms with Gasteiger partial charge in [-0.1, -0.05) is 6.07 Å². The van der Waals surface area contributed by atoms with Gasteiger partial charge in [0.2, 0.25) is 5.91 Å². The molecule has 2 aromatic carbocycles. The molecule has 0 bridgehead atoms. The van der Waals surface area contributed by atoms with Crippen LogP contribution in [0.3, 0.4) is 0 Å². The summed E-state index contributed by atoms with van der Waals surface area (Å²) < 4.78 is 5.20. The molecule has 2 aromatic rings. The lowest BCUT2D eigenvalue weighted by Crippen LogP contribution is -2.50. The highest BCUT2D eigenvalue weighted by molar-refractivity contribution is 5.97. The van der Waals surface area contributed by atoms with Crippen molar-refractivity contribution >= 4 is 23.2 Å². The van der Waals surface area contributed by atoms with Gasteiger partial charge in [0.25, 0.3) is 5.91 Å². The summed E-state index contributed by atoms with van der Waals surface area (Å²) in [7, 11) is 3.26. The Balaban J connectivity index is 1.53. The molecule has 154 valence electrons. The molecule has 0 atom stereocenters. The molecular formula is C22H28N4O3. The minimum Gasteiger partial charge on any atom is -0.497 e. The molecule has 0 saturated carbocycles. The van der Waals surface area contributed by atoms with Crippen LogP contribution in [0.4, 0.5) is 11.4 Å². The number of hydrogen-bond donors (Lipinski definition) is 2. The third-order valence-electron chi connectivity index (χ3n) is 5.31. The van der Waals surface area contributed by atoms with E-state index in [1.807, 2.05) is 48.2 Å². The quantitative estimate of drug-likeness (QED) is 0.783. The lowest BCUT2D eigenvalue weighted by molar-refractivity contribution is -0.129. The smallest absolute Gasteiger partial charge is 0.251 e. The zero-order valence-corrected chi connectivity index (χ0v) is 17.2. The maximum atomic E-state index is 12.6. The summed E-state index contributed by atoms with van der Waals surface area (Å²) in [5.74, 6) is 0.765. The fraction of sp³-hybridized carbons (Fsp3) is 0.364. The van der Waals surface area contributed by atoms with Crippen molar-refractivity contribution in [3.05, 3.63) is 53.6 Å². The predicted molar refractivity (Wildman–Crippen MR) is 115 cm³/mol. The van der Waals surface area contributed by atoms with Crippen LogP contribution >= 0.6 is 0 Å².